The van der Waals surface area contributed by atoms with Crippen molar-refractivity contribution in [1.82, 2.24) is 15.1 Å². The van der Waals surface area contributed by atoms with E-state index in [0.29, 0.717) is 6.54 Å². The van der Waals surface area contributed by atoms with Gasteiger partial charge in [0.1, 0.15) is 12.1 Å². The number of urea groups is 1. The van der Waals surface area contributed by atoms with Crippen molar-refractivity contribution in [3.05, 3.63) is 0 Å². The Morgan fingerprint density at radius 3 is 2.57 bits per heavy atom. The van der Waals surface area contributed by atoms with Crippen molar-refractivity contribution in [2.45, 2.75) is 71.4 Å². The third-order valence-corrected chi connectivity index (χ3v) is 5.18. The quantitative estimate of drug-likeness (QED) is 0.696. The molecule has 0 aromatic carbocycles. The lowest BCUT2D eigenvalue weighted by atomic mass is 9.96. The Labute approximate surface area is 138 Å². The molecule has 0 aromatic heterocycles. The predicted molar refractivity (Wildman–Crippen MR) is 87.7 cm³/mol. The number of nitrogens with zero attached hydrogens (tertiary/aromatic N) is 2. The third kappa shape index (κ3) is 3.51. The van der Waals surface area contributed by atoms with Gasteiger partial charge in [-0.15, -0.1) is 0 Å². The lowest BCUT2D eigenvalue weighted by Crippen LogP contribution is -2.48. The van der Waals surface area contributed by atoms with Crippen LogP contribution in [-0.4, -0.2) is 52.3 Å². The fourth-order valence-corrected chi connectivity index (χ4v) is 3.16. The molecule has 0 spiro atoms. The summed E-state index contributed by atoms with van der Waals surface area (Å²) in [6.07, 6.45) is 4.70. The SMILES string of the molecule is CCCCN(C(=O)CN1C(=O)NC(C)(C2CC2)C1=O)C(C)CC. The minimum Gasteiger partial charge on any atom is -0.338 e. The molecule has 4 amide bonds. The average molecular weight is 323 g/mol. The van der Waals surface area contributed by atoms with Crippen LogP contribution in [0.4, 0.5) is 4.79 Å². The van der Waals surface area contributed by atoms with Gasteiger partial charge in [-0.1, -0.05) is 20.3 Å². The molecule has 1 saturated carbocycles. The molecular formula is C17H29N3O3. The van der Waals surface area contributed by atoms with Crippen LogP contribution in [0.5, 0.6) is 0 Å². The molecule has 2 atom stereocenters. The van der Waals surface area contributed by atoms with E-state index >= 15 is 0 Å². The maximum Gasteiger partial charge on any atom is 0.325 e. The van der Waals surface area contributed by atoms with Gasteiger partial charge in [0, 0.05) is 12.6 Å². The monoisotopic (exact) mass is 323 g/mol. The second kappa shape index (κ2) is 6.89. The molecule has 1 saturated heterocycles. The first kappa shape index (κ1) is 17.8. The standard InChI is InChI=1S/C17H29N3O3/c1-5-7-10-19(12(3)6-2)14(21)11-20-15(22)17(4,13-8-9-13)18-16(20)23/h12-13H,5-11H2,1-4H3,(H,18,23). The molecule has 1 heterocycles. The fourth-order valence-electron chi connectivity index (χ4n) is 3.16. The number of hydrogen-bond acceptors (Lipinski definition) is 3. The summed E-state index contributed by atoms with van der Waals surface area (Å²) in [5, 5.41) is 2.79. The Hall–Kier alpha value is -1.59. The molecule has 23 heavy (non-hydrogen) atoms. The summed E-state index contributed by atoms with van der Waals surface area (Å²) in [5.41, 5.74) is -0.817. The smallest absolute Gasteiger partial charge is 0.325 e. The zero-order valence-corrected chi connectivity index (χ0v) is 14.7. The number of unbranched alkanes of at least 4 members (excludes halogenated alkanes) is 1. The van der Waals surface area contributed by atoms with Gasteiger partial charge in [-0.25, -0.2) is 4.79 Å². The molecule has 6 heteroatoms. The Bertz CT molecular complexity index is 489. The lowest BCUT2D eigenvalue weighted by molar-refractivity contribution is -0.140. The number of carbonyl (C=O) groups is 3. The maximum absolute atomic E-state index is 12.6. The average Bonchev–Trinajstić information content (AvgIpc) is 3.33. The highest BCUT2D eigenvalue weighted by molar-refractivity contribution is 6.09. The van der Waals surface area contributed by atoms with Crippen LogP contribution in [0.15, 0.2) is 0 Å². The van der Waals surface area contributed by atoms with Crippen LogP contribution in [0.25, 0.3) is 0 Å². The molecular weight excluding hydrogens is 294 g/mol. The highest BCUT2D eigenvalue weighted by atomic mass is 16.2. The Morgan fingerprint density at radius 1 is 1.39 bits per heavy atom. The normalized spacial score (nSPS) is 25.5. The van der Waals surface area contributed by atoms with Gasteiger partial charge in [0.15, 0.2) is 0 Å². The van der Waals surface area contributed by atoms with Gasteiger partial charge in [-0.05, 0) is 45.4 Å². The van der Waals surface area contributed by atoms with Gasteiger partial charge in [0.05, 0.1) is 0 Å². The van der Waals surface area contributed by atoms with Crippen molar-refractivity contribution in [3.63, 3.8) is 0 Å². The molecule has 2 aliphatic rings. The van der Waals surface area contributed by atoms with Crippen LogP contribution in [-0.2, 0) is 9.59 Å². The molecule has 1 aliphatic carbocycles. The maximum atomic E-state index is 12.6. The van der Waals surface area contributed by atoms with Crippen LogP contribution in [0, 0.1) is 5.92 Å². The van der Waals surface area contributed by atoms with Gasteiger partial charge in [-0.2, -0.15) is 0 Å². The molecule has 0 radical (unpaired) electrons. The first-order valence-electron chi connectivity index (χ1n) is 8.78. The topological polar surface area (TPSA) is 69.7 Å². The van der Waals surface area contributed by atoms with Crippen LogP contribution in [0.2, 0.25) is 0 Å². The summed E-state index contributed by atoms with van der Waals surface area (Å²) >= 11 is 0. The summed E-state index contributed by atoms with van der Waals surface area (Å²) < 4.78 is 0. The van der Waals surface area contributed by atoms with Crippen LogP contribution < -0.4 is 5.32 Å². The molecule has 2 fully saturated rings. The van der Waals surface area contributed by atoms with E-state index in [-0.39, 0.29) is 30.3 Å². The van der Waals surface area contributed by atoms with Crippen LogP contribution >= 0.6 is 0 Å². The number of hydrogen-bond donors (Lipinski definition) is 1. The summed E-state index contributed by atoms with van der Waals surface area (Å²) in [6, 6.07) is -0.318. The fraction of sp³-hybridized carbons (Fsp3) is 0.824. The first-order valence-corrected chi connectivity index (χ1v) is 8.78. The largest absolute Gasteiger partial charge is 0.338 e. The Kier molecular flexibility index (Phi) is 5.32. The van der Waals surface area contributed by atoms with Gasteiger partial charge in [0.2, 0.25) is 5.91 Å². The van der Waals surface area contributed by atoms with E-state index < -0.39 is 11.6 Å². The van der Waals surface area contributed by atoms with E-state index in [2.05, 4.69) is 12.2 Å². The molecule has 2 rings (SSSR count). The summed E-state index contributed by atoms with van der Waals surface area (Å²) in [5.74, 6) is -0.181. The van der Waals surface area contributed by atoms with Gasteiger partial charge in [-0.3, -0.25) is 14.5 Å². The summed E-state index contributed by atoms with van der Waals surface area (Å²) in [4.78, 5) is 40.3. The van der Waals surface area contributed by atoms with Crippen molar-refractivity contribution >= 4 is 17.8 Å². The van der Waals surface area contributed by atoms with Crippen molar-refractivity contribution < 1.29 is 14.4 Å². The van der Waals surface area contributed by atoms with Crippen molar-refractivity contribution in [2.24, 2.45) is 5.92 Å². The lowest BCUT2D eigenvalue weighted by Gasteiger charge is -2.30. The molecule has 2 unspecified atom stereocenters. The molecule has 0 bridgehead atoms. The van der Waals surface area contributed by atoms with Crippen molar-refractivity contribution in [1.29, 1.82) is 0 Å². The highest BCUT2D eigenvalue weighted by Crippen LogP contribution is 2.42. The van der Waals surface area contributed by atoms with Crippen molar-refractivity contribution in [2.75, 3.05) is 13.1 Å². The van der Waals surface area contributed by atoms with Gasteiger partial charge < -0.3 is 10.2 Å². The zero-order valence-electron chi connectivity index (χ0n) is 14.7. The van der Waals surface area contributed by atoms with Crippen molar-refractivity contribution in [3.8, 4) is 0 Å². The minimum atomic E-state index is -0.817. The van der Waals surface area contributed by atoms with Crippen LogP contribution in [0.3, 0.4) is 0 Å². The molecule has 130 valence electrons. The van der Waals surface area contributed by atoms with Gasteiger partial charge >= 0.3 is 6.03 Å². The molecule has 1 N–H and O–H groups in total. The second-order valence-corrected chi connectivity index (χ2v) is 7.00. The predicted octanol–water partition coefficient (Wildman–Crippen LogP) is 2.13. The number of nitrogens with one attached hydrogen (secondary N) is 1. The first-order chi connectivity index (χ1) is 10.8. The Morgan fingerprint density at radius 2 is 2.04 bits per heavy atom. The second-order valence-electron chi connectivity index (χ2n) is 7.00. The molecule has 1 aliphatic heterocycles. The molecule has 6 nitrogen and oxygen atoms in total. The van der Waals surface area contributed by atoms with E-state index in [1.54, 1.807) is 11.8 Å². The van der Waals surface area contributed by atoms with E-state index in [1.807, 2.05) is 13.8 Å². The van der Waals surface area contributed by atoms with Gasteiger partial charge in [0.25, 0.3) is 5.91 Å². The number of carbonyl (C=O) groups excluding carboxylic acids is 3. The zero-order chi connectivity index (χ0) is 17.2. The van der Waals surface area contributed by atoms with Crippen LogP contribution in [0.1, 0.15) is 59.8 Å². The number of imide groups is 1. The highest BCUT2D eigenvalue weighted by Gasteiger charge is 2.56. The minimum absolute atomic E-state index is 0.115. The van der Waals surface area contributed by atoms with E-state index in [9.17, 15) is 14.4 Å². The number of amides is 4. The molecule has 0 aromatic rings. The Balaban J connectivity index is 2.05. The third-order valence-electron chi connectivity index (χ3n) is 5.18. The van der Waals surface area contributed by atoms with E-state index in [4.69, 9.17) is 0 Å². The summed E-state index contributed by atoms with van der Waals surface area (Å²) in [6.45, 7) is 8.42. The van der Waals surface area contributed by atoms with E-state index in [0.717, 1.165) is 37.0 Å². The van der Waals surface area contributed by atoms with E-state index in [1.165, 1.54) is 0 Å². The number of rotatable bonds is 8. The summed E-state index contributed by atoms with van der Waals surface area (Å²) in [7, 11) is 0.